The van der Waals surface area contributed by atoms with E-state index in [4.69, 9.17) is 0 Å². The number of quaternary nitrogens is 8. The minimum Gasteiger partial charge on any atom is -2.00 e. The van der Waals surface area contributed by atoms with Crippen LogP contribution in [0.5, 0.6) is 0 Å². The van der Waals surface area contributed by atoms with Crippen molar-refractivity contribution in [2.24, 2.45) is 0 Å². The molecule has 0 atom stereocenters. The van der Waals surface area contributed by atoms with Crippen LogP contribution in [-0.4, -0.2) is 105 Å². The molecule has 14 radical (unpaired) electrons. The van der Waals surface area contributed by atoms with E-state index in [2.05, 4.69) is 20.0 Å². The molecule has 2 fully saturated rings. The predicted octanol–water partition coefficient (Wildman–Crippen LogP) is -2.56. The molecule has 0 aromatic rings. The van der Waals surface area contributed by atoms with Gasteiger partial charge in [0.15, 0.2) is 20.0 Å². The molecule has 28 N–H and O–H groups in total. The number of hydrogen-bond donors (Lipinski definition) is 7. The average molecular weight is 1990 g/mol. The Balaban J connectivity index is -0.00000000111. The maximum Gasteiger partial charge on any atom is 4.00 e. The SMILES string of the molecule is CS(C)=O.CS(C)=O.CS(C)=O.CS(C)=O.CS(C)=O.CS(C)=O.O1O[N+]12OO2.[NH4+].[NH4+].[NH4+].[NH4+].[NH4+].[NH4+].[NH4+].[O-2].[O-2].[O-2].[O-2].[O-2].[O-2].[O-2].[O-2].[O-2].[O-2].[O-2].[O-2].[O-2].[O-2].[O-2].[O-2].[O-2].[O-2].[O-2].[O-2].[O-2].[O-2].[O-2].[O-2].[O-2].[O-2].[O-2].[O-2].[O-2].[O-2].[O-2].[O-2].[O-2].[O-2].[O-2].[O-2].[O-2].[O-2].[V+4].[V+4].[V].[V].[V].[V].[V].[V].[V].[V].[V].[V].[V].[V]. The van der Waals surface area contributed by atoms with Gasteiger partial charge in [-0.3, -0.25) is 25.3 Å². The Labute approximate surface area is 692 Å². The van der Waals surface area contributed by atoms with Crippen LogP contribution in [-0.2, 0) is 553 Å². The third-order valence-corrected chi connectivity index (χ3v) is 0.393. The summed E-state index contributed by atoms with van der Waals surface area (Å²) < 4.78 is 57.3. The Morgan fingerprint density at radius 3 is 0.182 bits per heavy atom. The summed E-state index contributed by atoms with van der Waals surface area (Å²) in [6, 6.07) is 0. The standard InChI is InChI=1S/6C2H6OS.NO4.7H3N.38O.14V/c6*1-4(2)3;2-1(3-2)4-5-1;;;;;;;;;;;;;;;;;;;;;;;;;;;;;;;;;;;;;;;;;;;;;;;;;;;;;;;;;;;/h6*1-2H3;;7*1H3;;;;;;;;;;;;;;;;;;;;;;;;;;;;;;;;;;;;;;;;;;;;;;;;;;;;/q;;;;;;+1;;;;;;;;38*-2;;;;;;;;;;;;;2*+4/p+7. The molecule has 2 aliphatic heterocycles. The van der Waals surface area contributed by atoms with Gasteiger partial charge in [-0.05, 0) is 0 Å². The van der Waals surface area contributed by atoms with Crippen molar-refractivity contribution in [1.82, 2.24) is 43.1 Å². The van der Waals surface area contributed by atoms with Crippen LogP contribution in [0.3, 0.4) is 0 Å². The largest absolute Gasteiger partial charge is 4.00 e. The van der Waals surface area contributed by atoms with E-state index in [9.17, 15) is 25.3 Å². The summed E-state index contributed by atoms with van der Waals surface area (Å²) >= 11 is 0. The fraction of sp³-hybridized carbons (Fsp3) is 1.00. The van der Waals surface area contributed by atoms with E-state index < -0.39 is 69.9 Å². The van der Waals surface area contributed by atoms with Crippen molar-refractivity contribution in [1.29, 1.82) is 0 Å². The van der Waals surface area contributed by atoms with Crippen LogP contribution >= 0.6 is 0 Å². The molecule has 1 spiro atoms. The molecule has 0 unspecified atom stereocenters. The number of rotatable bonds is 0. The van der Waals surface area contributed by atoms with Crippen molar-refractivity contribution >= 4 is 64.8 Å². The molecule has 0 aromatic heterocycles. The first kappa shape index (κ1) is 871. The maximum atomic E-state index is 9.56. The molecule has 2 aliphatic rings. The molecule has 0 saturated carbocycles. The number of nitrogens with zero attached hydrogens (tertiary/aromatic N) is 1. The summed E-state index contributed by atoms with van der Waals surface area (Å²) in [6.45, 7) is 0. The van der Waals surface area contributed by atoms with Gasteiger partial charge < -0.3 is 251 Å². The minimum absolute atomic E-state index is 0. The molecular formula is C12H64N8O48S6V14-60. The summed E-state index contributed by atoms with van der Waals surface area (Å²) in [5.74, 6) is 0. The maximum absolute atomic E-state index is 9.56. The van der Waals surface area contributed by atoms with E-state index in [1.165, 1.54) is 0 Å². The van der Waals surface area contributed by atoms with Crippen molar-refractivity contribution in [3.8, 4) is 0 Å². The van der Waals surface area contributed by atoms with Gasteiger partial charge in [0.05, 0.1) is 0 Å². The molecule has 0 amide bonds. The van der Waals surface area contributed by atoms with Crippen molar-refractivity contribution in [3.05, 3.63) is 0 Å². The van der Waals surface area contributed by atoms with Crippen LogP contribution in [0.25, 0.3) is 0 Å². The van der Waals surface area contributed by atoms with Gasteiger partial charge in [-0.25, -0.2) is 0 Å². The summed E-state index contributed by atoms with van der Waals surface area (Å²) in [5.41, 5.74) is 0. The summed E-state index contributed by atoms with van der Waals surface area (Å²) in [5, 5.41) is -0.500. The van der Waals surface area contributed by atoms with Gasteiger partial charge in [0.2, 0.25) is 0 Å². The fourth-order valence-corrected chi connectivity index (χ4v) is 0.104. The molecule has 2 heterocycles. The first-order valence-electron chi connectivity index (χ1n) is 6.96. The van der Waals surface area contributed by atoms with Crippen molar-refractivity contribution < 1.29 is 518 Å². The first-order valence-corrected chi connectivity index (χ1v) is 18.8. The molecule has 88 heavy (non-hydrogen) atoms. The molecule has 0 aromatic carbocycles. The minimum atomic E-state index is -0.611. The third-order valence-electron chi connectivity index (χ3n) is 0.393. The van der Waals surface area contributed by atoms with Crippen LogP contribution in [0, 0.1) is 0 Å². The molecule has 606 valence electrons. The second-order valence-electron chi connectivity index (χ2n) is 5.19. The predicted molar refractivity (Wildman–Crippen MR) is 193 cm³/mol. The Morgan fingerprint density at radius 2 is 0.182 bits per heavy atom. The third kappa shape index (κ3) is 2700. The first-order chi connectivity index (χ1) is 12.8. The van der Waals surface area contributed by atoms with Gasteiger partial charge >= 0.3 is 42.2 Å². The fourth-order valence-electron chi connectivity index (χ4n) is 0.104. The smallest absolute Gasteiger partial charge is 2.00 e. The van der Waals surface area contributed by atoms with Crippen LogP contribution < -0.4 is 43.1 Å². The Kier molecular flexibility index (Phi) is 6560. The molecule has 56 nitrogen and oxygen atoms in total. The van der Waals surface area contributed by atoms with Crippen molar-refractivity contribution in [3.63, 3.8) is 0 Å². The molecule has 76 heteroatoms. The van der Waals surface area contributed by atoms with Crippen molar-refractivity contribution in [2.45, 2.75) is 0 Å². The summed E-state index contributed by atoms with van der Waals surface area (Å²) in [4.78, 5) is 16.0. The molecule has 2 saturated heterocycles. The molecular weight excluding hydrogens is 1930 g/mol. The molecule has 2 rings (SSSR count). The van der Waals surface area contributed by atoms with E-state index >= 15 is 0 Å². The van der Waals surface area contributed by atoms with Gasteiger partial charge in [-0.15, -0.1) is 0 Å². The van der Waals surface area contributed by atoms with Crippen LogP contribution in [0.4, 0.5) is 0 Å². The Morgan fingerprint density at radius 1 is 0.159 bits per heavy atom. The molecule has 0 bridgehead atoms. The number of hydrogen-bond acceptors (Lipinski definition) is 10. The zero-order valence-corrected chi connectivity index (χ0v) is 72.2. The zero-order chi connectivity index (χ0) is 24.8. The second-order valence-corrected chi connectivity index (χ2v) is 14.1. The average Bonchev–Trinajstić information content (AvgIpc) is 3.26. The zero-order valence-electron chi connectivity index (χ0n) is 47.8. The van der Waals surface area contributed by atoms with E-state index in [1.54, 1.807) is 75.1 Å². The van der Waals surface area contributed by atoms with Crippen molar-refractivity contribution in [2.75, 3.05) is 75.1 Å². The van der Waals surface area contributed by atoms with Gasteiger partial charge in [-0.1, -0.05) is 0 Å². The Hall–Kier alpha value is 7.08. The van der Waals surface area contributed by atoms with E-state index in [0.717, 1.165) is 0 Å². The van der Waals surface area contributed by atoms with Gasteiger partial charge in [0.25, 0.3) is 0 Å². The van der Waals surface area contributed by atoms with E-state index in [0.29, 0.717) is 0 Å². The quantitative estimate of drug-likeness (QED) is 0.0756. The van der Waals surface area contributed by atoms with Gasteiger partial charge in [-0.2, -0.15) is 0 Å². The topological polar surface area (TPSA) is 1490 Å². The summed E-state index contributed by atoms with van der Waals surface area (Å²) in [6.07, 6.45) is 19.7. The van der Waals surface area contributed by atoms with E-state index in [1.807, 2.05) is 0 Å². The van der Waals surface area contributed by atoms with Gasteiger partial charge in [0.1, 0.15) is 0 Å². The second kappa shape index (κ2) is 662. The van der Waals surface area contributed by atoms with Crippen LogP contribution in [0.2, 0.25) is 0 Å². The van der Waals surface area contributed by atoms with Gasteiger partial charge in [0, 0.05) is 363 Å². The monoisotopic (exact) mass is 1990 g/mol. The van der Waals surface area contributed by atoms with E-state index in [-0.39, 0.29) is 511 Å². The Bertz CT molecular complexity index is 508. The normalized spacial score (nSPS) is 4.57. The van der Waals surface area contributed by atoms with Crippen LogP contribution in [0.1, 0.15) is 0 Å². The molecule has 0 aliphatic carbocycles. The van der Waals surface area contributed by atoms with Crippen LogP contribution in [0.15, 0.2) is 0 Å². The summed E-state index contributed by atoms with van der Waals surface area (Å²) in [7, 11) is -3.67.